The Labute approximate surface area is 108 Å². The molecule has 0 saturated carbocycles. The second-order valence-corrected chi connectivity index (χ2v) is 4.18. The number of anilines is 1. The van der Waals surface area contributed by atoms with E-state index in [1.807, 2.05) is 0 Å². The van der Waals surface area contributed by atoms with Gasteiger partial charge in [-0.3, -0.25) is 9.59 Å². The van der Waals surface area contributed by atoms with E-state index < -0.39 is 11.6 Å². The molecule has 102 valence electrons. The molecule has 1 fully saturated rings. The average molecular weight is 269 g/mol. The lowest BCUT2D eigenvalue weighted by molar-refractivity contribution is -0.136. The first-order chi connectivity index (χ1) is 9.04. The van der Waals surface area contributed by atoms with Gasteiger partial charge in [0.2, 0.25) is 11.8 Å². The van der Waals surface area contributed by atoms with Gasteiger partial charge in [0.15, 0.2) is 0 Å². The molecule has 0 atom stereocenters. The van der Waals surface area contributed by atoms with E-state index in [-0.39, 0.29) is 30.6 Å². The van der Waals surface area contributed by atoms with Crippen LogP contribution in [-0.2, 0) is 9.59 Å². The molecule has 0 unspecified atom stereocenters. The first-order valence-electron chi connectivity index (χ1n) is 5.79. The standard InChI is InChI=1S/C12H13F2N3O2/c13-8-3-9(14)5-10(4-8)16-6-12(19)17-2-1-15-11(18)7-17/h3-5,16H,1-2,6-7H2,(H,15,18). The van der Waals surface area contributed by atoms with Gasteiger partial charge in [-0.15, -0.1) is 0 Å². The molecule has 1 aliphatic heterocycles. The Hall–Kier alpha value is -2.18. The van der Waals surface area contributed by atoms with Gasteiger partial charge in [0, 0.05) is 24.8 Å². The topological polar surface area (TPSA) is 61.4 Å². The van der Waals surface area contributed by atoms with Crippen LogP contribution in [0.5, 0.6) is 0 Å². The van der Waals surface area contributed by atoms with Crippen molar-refractivity contribution in [3.8, 4) is 0 Å². The zero-order valence-corrected chi connectivity index (χ0v) is 10.1. The third kappa shape index (κ3) is 3.64. The van der Waals surface area contributed by atoms with E-state index >= 15 is 0 Å². The summed E-state index contributed by atoms with van der Waals surface area (Å²) in [6.45, 7) is 0.747. The number of carbonyl (C=O) groups excluding carboxylic acids is 2. The second-order valence-electron chi connectivity index (χ2n) is 4.18. The van der Waals surface area contributed by atoms with Crippen LogP contribution in [0.15, 0.2) is 18.2 Å². The van der Waals surface area contributed by atoms with Gasteiger partial charge in [-0.25, -0.2) is 8.78 Å². The first-order valence-corrected chi connectivity index (χ1v) is 5.79. The molecule has 1 aromatic carbocycles. The van der Waals surface area contributed by atoms with E-state index in [0.717, 1.165) is 18.2 Å². The van der Waals surface area contributed by atoms with Crippen molar-refractivity contribution < 1.29 is 18.4 Å². The molecule has 0 aliphatic carbocycles. The van der Waals surface area contributed by atoms with Crippen LogP contribution < -0.4 is 10.6 Å². The minimum atomic E-state index is -0.715. The lowest BCUT2D eigenvalue weighted by Crippen LogP contribution is -2.51. The molecule has 2 rings (SSSR count). The van der Waals surface area contributed by atoms with Gasteiger partial charge >= 0.3 is 0 Å². The molecule has 0 radical (unpaired) electrons. The molecule has 19 heavy (non-hydrogen) atoms. The van der Waals surface area contributed by atoms with Gasteiger partial charge in [-0.1, -0.05) is 0 Å². The fourth-order valence-corrected chi connectivity index (χ4v) is 1.80. The minimum Gasteiger partial charge on any atom is -0.376 e. The Balaban J connectivity index is 1.90. The second kappa shape index (κ2) is 5.64. The predicted octanol–water partition coefficient (Wildman–Crippen LogP) is 0.335. The van der Waals surface area contributed by atoms with E-state index in [9.17, 15) is 18.4 Å². The monoisotopic (exact) mass is 269 g/mol. The summed E-state index contributed by atoms with van der Waals surface area (Å²) in [4.78, 5) is 24.3. The van der Waals surface area contributed by atoms with E-state index in [1.165, 1.54) is 4.90 Å². The van der Waals surface area contributed by atoms with Crippen molar-refractivity contribution in [2.75, 3.05) is 31.5 Å². The number of piperazine rings is 1. The number of nitrogens with zero attached hydrogens (tertiary/aromatic N) is 1. The smallest absolute Gasteiger partial charge is 0.242 e. The predicted molar refractivity (Wildman–Crippen MR) is 64.4 cm³/mol. The average Bonchev–Trinajstić information content (AvgIpc) is 2.35. The highest BCUT2D eigenvalue weighted by Crippen LogP contribution is 2.12. The summed E-state index contributed by atoms with van der Waals surface area (Å²) in [5.41, 5.74) is 0.187. The number of hydrogen-bond acceptors (Lipinski definition) is 3. The molecule has 1 aromatic rings. The molecule has 1 aliphatic rings. The number of hydrogen-bond donors (Lipinski definition) is 2. The van der Waals surface area contributed by atoms with Crippen molar-refractivity contribution in [2.24, 2.45) is 0 Å². The van der Waals surface area contributed by atoms with Crippen molar-refractivity contribution in [3.05, 3.63) is 29.8 Å². The highest BCUT2D eigenvalue weighted by Gasteiger charge is 2.20. The first kappa shape index (κ1) is 13.3. The molecule has 2 N–H and O–H groups in total. The molecule has 0 spiro atoms. The highest BCUT2D eigenvalue weighted by molar-refractivity contribution is 5.87. The maximum atomic E-state index is 12.9. The fourth-order valence-electron chi connectivity index (χ4n) is 1.80. The fraction of sp³-hybridized carbons (Fsp3) is 0.333. The van der Waals surface area contributed by atoms with E-state index in [0.29, 0.717) is 13.1 Å². The van der Waals surface area contributed by atoms with Crippen molar-refractivity contribution in [1.29, 1.82) is 0 Å². The van der Waals surface area contributed by atoms with Crippen molar-refractivity contribution in [3.63, 3.8) is 0 Å². The van der Waals surface area contributed by atoms with Crippen LogP contribution >= 0.6 is 0 Å². The van der Waals surface area contributed by atoms with Crippen LogP contribution in [0.2, 0.25) is 0 Å². The largest absolute Gasteiger partial charge is 0.376 e. The van der Waals surface area contributed by atoms with Crippen molar-refractivity contribution in [1.82, 2.24) is 10.2 Å². The number of rotatable bonds is 3. The summed E-state index contributed by atoms with van der Waals surface area (Å²) in [5, 5.41) is 5.24. The molecule has 1 heterocycles. The van der Waals surface area contributed by atoms with Gasteiger partial charge in [-0.05, 0) is 12.1 Å². The number of nitrogens with one attached hydrogen (secondary N) is 2. The summed E-state index contributed by atoms with van der Waals surface area (Å²) >= 11 is 0. The third-order valence-corrected chi connectivity index (χ3v) is 2.70. The van der Waals surface area contributed by atoms with Gasteiger partial charge < -0.3 is 15.5 Å². The Kier molecular flexibility index (Phi) is 3.94. The minimum absolute atomic E-state index is 0.0119. The molecular formula is C12H13F2N3O2. The van der Waals surface area contributed by atoms with Crippen LogP contribution in [0.1, 0.15) is 0 Å². The molecule has 0 aromatic heterocycles. The van der Waals surface area contributed by atoms with Crippen LogP contribution in [0.4, 0.5) is 14.5 Å². The van der Waals surface area contributed by atoms with E-state index in [2.05, 4.69) is 10.6 Å². The molecular weight excluding hydrogens is 256 g/mol. The Morgan fingerprint density at radius 2 is 2.00 bits per heavy atom. The Morgan fingerprint density at radius 3 is 2.63 bits per heavy atom. The zero-order valence-electron chi connectivity index (χ0n) is 10.1. The SMILES string of the molecule is O=C1CN(C(=O)CNc2cc(F)cc(F)c2)CCN1. The Bertz CT molecular complexity index is 487. The molecule has 5 nitrogen and oxygen atoms in total. The van der Waals surface area contributed by atoms with Gasteiger partial charge in [0.1, 0.15) is 11.6 Å². The summed E-state index contributed by atoms with van der Waals surface area (Å²) in [6, 6.07) is 2.94. The lowest BCUT2D eigenvalue weighted by atomic mass is 10.3. The molecule has 1 saturated heterocycles. The third-order valence-electron chi connectivity index (χ3n) is 2.70. The summed E-state index contributed by atoms with van der Waals surface area (Å²) in [5.74, 6) is -1.93. The van der Waals surface area contributed by atoms with Crippen LogP contribution in [-0.4, -0.2) is 42.9 Å². The highest BCUT2D eigenvalue weighted by atomic mass is 19.1. The quantitative estimate of drug-likeness (QED) is 0.831. The molecule has 7 heteroatoms. The van der Waals surface area contributed by atoms with E-state index in [4.69, 9.17) is 0 Å². The van der Waals surface area contributed by atoms with E-state index in [1.54, 1.807) is 0 Å². The summed E-state index contributed by atoms with van der Waals surface area (Å²) in [6.07, 6.45) is 0. The normalized spacial score (nSPS) is 15.1. The Morgan fingerprint density at radius 1 is 1.32 bits per heavy atom. The number of amides is 2. The van der Waals surface area contributed by atoms with Crippen molar-refractivity contribution in [2.45, 2.75) is 0 Å². The van der Waals surface area contributed by atoms with Crippen LogP contribution in [0.3, 0.4) is 0 Å². The number of carbonyl (C=O) groups is 2. The number of halogens is 2. The summed E-state index contributed by atoms with van der Waals surface area (Å²) in [7, 11) is 0. The zero-order chi connectivity index (χ0) is 13.8. The van der Waals surface area contributed by atoms with Crippen molar-refractivity contribution >= 4 is 17.5 Å². The van der Waals surface area contributed by atoms with Crippen LogP contribution in [0.25, 0.3) is 0 Å². The van der Waals surface area contributed by atoms with Gasteiger partial charge in [0.25, 0.3) is 0 Å². The number of benzene rings is 1. The molecule has 2 amide bonds. The molecule has 0 bridgehead atoms. The maximum absolute atomic E-state index is 12.9. The summed E-state index contributed by atoms with van der Waals surface area (Å²) < 4.78 is 25.9. The maximum Gasteiger partial charge on any atom is 0.242 e. The lowest BCUT2D eigenvalue weighted by Gasteiger charge is -2.26. The van der Waals surface area contributed by atoms with Gasteiger partial charge in [0.05, 0.1) is 13.1 Å². The van der Waals surface area contributed by atoms with Gasteiger partial charge in [-0.2, -0.15) is 0 Å². The van der Waals surface area contributed by atoms with Crippen LogP contribution in [0, 0.1) is 11.6 Å².